The Bertz CT molecular complexity index is 785. The van der Waals surface area contributed by atoms with Gasteiger partial charge in [0.05, 0.1) is 18.7 Å². The van der Waals surface area contributed by atoms with E-state index in [1.807, 2.05) is 0 Å². The maximum absolute atomic E-state index is 13.7. The molecule has 0 saturated heterocycles. The van der Waals surface area contributed by atoms with Crippen LogP contribution in [0.15, 0.2) is 17.6 Å². The normalized spacial score (nSPS) is 19.9. The van der Waals surface area contributed by atoms with E-state index >= 15 is 0 Å². The zero-order valence-electron chi connectivity index (χ0n) is 15.8. The first-order valence-electron chi connectivity index (χ1n) is 9.52. The topological polar surface area (TPSA) is 128 Å². The fourth-order valence-corrected chi connectivity index (χ4v) is 3.81. The van der Waals surface area contributed by atoms with Crippen molar-refractivity contribution in [2.75, 3.05) is 11.9 Å². The summed E-state index contributed by atoms with van der Waals surface area (Å²) in [6.45, 7) is -0.181. The molecule has 3 rings (SSSR count). The number of hydrogen-bond donors (Lipinski definition) is 2. The largest absolute Gasteiger partial charge is 0.306 e. The molecule has 1 unspecified atom stereocenters. The maximum Gasteiger partial charge on any atom is 0.250 e. The molecule has 1 fully saturated rings. The molecule has 3 amide bonds. The van der Waals surface area contributed by atoms with Gasteiger partial charge in [-0.2, -0.15) is 5.10 Å². The van der Waals surface area contributed by atoms with Crippen LogP contribution in [0.5, 0.6) is 0 Å². The van der Waals surface area contributed by atoms with Crippen molar-refractivity contribution in [2.45, 2.75) is 44.6 Å². The third kappa shape index (κ3) is 5.11. The molecule has 0 spiro atoms. The number of carbonyl (C=O) groups excluding carboxylic acids is 3. The summed E-state index contributed by atoms with van der Waals surface area (Å²) in [5.41, 5.74) is 0. The number of rotatable bonds is 8. The summed E-state index contributed by atoms with van der Waals surface area (Å²) in [4.78, 5) is 43.7. The summed E-state index contributed by atoms with van der Waals surface area (Å²) in [5, 5.41) is 17.5. The van der Waals surface area contributed by atoms with Crippen molar-refractivity contribution in [3.05, 3.63) is 18.3 Å². The van der Waals surface area contributed by atoms with Crippen molar-refractivity contribution in [2.24, 2.45) is 16.9 Å². The quantitative estimate of drug-likeness (QED) is 0.379. The highest BCUT2D eigenvalue weighted by Crippen LogP contribution is 2.32. The smallest absolute Gasteiger partial charge is 0.250 e. The number of carbonyl (C=O) groups is 3. The van der Waals surface area contributed by atoms with E-state index < -0.39 is 29.6 Å². The lowest BCUT2D eigenvalue weighted by atomic mass is 9.92. The highest BCUT2D eigenvalue weighted by atomic mass is 19.1. The van der Waals surface area contributed by atoms with Gasteiger partial charge in [-0.1, -0.05) is 25.7 Å². The Morgan fingerprint density at radius 1 is 1.41 bits per heavy atom. The summed E-state index contributed by atoms with van der Waals surface area (Å²) < 4.78 is 13.7. The van der Waals surface area contributed by atoms with E-state index in [0.29, 0.717) is 17.4 Å². The lowest BCUT2D eigenvalue weighted by Gasteiger charge is -2.28. The van der Waals surface area contributed by atoms with Gasteiger partial charge in [0.25, 0.3) is 5.91 Å². The van der Waals surface area contributed by atoms with E-state index in [4.69, 9.17) is 0 Å². The molecule has 1 saturated carbocycles. The van der Waals surface area contributed by atoms with Crippen LogP contribution in [0.25, 0.3) is 0 Å². The Morgan fingerprint density at radius 2 is 2.17 bits per heavy atom. The Hall–Kier alpha value is -2.95. The van der Waals surface area contributed by atoms with Crippen molar-refractivity contribution >= 4 is 30.3 Å². The molecule has 29 heavy (non-hydrogen) atoms. The number of hydrogen-bond acceptors (Lipinski definition) is 7. The van der Waals surface area contributed by atoms with Crippen LogP contribution >= 0.6 is 0 Å². The van der Waals surface area contributed by atoms with Crippen LogP contribution in [0.3, 0.4) is 0 Å². The Kier molecular flexibility index (Phi) is 6.81. The molecule has 11 heteroatoms. The highest BCUT2D eigenvalue weighted by molar-refractivity contribution is 5.99. The van der Waals surface area contributed by atoms with Gasteiger partial charge in [-0.05, 0) is 12.3 Å². The fraction of sp³-hybridized carbons (Fsp3) is 0.556. The van der Waals surface area contributed by atoms with Gasteiger partial charge in [0.15, 0.2) is 11.6 Å². The summed E-state index contributed by atoms with van der Waals surface area (Å²) in [6.07, 6.45) is 8.47. The predicted octanol–water partition coefficient (Wildman–Crippen LogP) is 1.18. The van der Waals surface area contributed by atoms with Crippen LogP contribution in [0.1, 0.15) is 38.5 Å². The summed E-state index contributed by atoms with van der Waals surface area (Å²) in [6, 6.07) is -0.966. The van der Waals surface area contributed by atoms with Gasteiger partial charge < -0.3 is 5.32 Å². The van der Waals surface area contributed by atoms with Crippen LogP contribution in [0.4, 0.5) is 10.2 Å². The molecule has 1 aromatic heterocycles. The van der Waals surface area contributed by atoms with E-state index in [2.05, 4.69) is 20.4 Å². The Morgan fingerprint density at radius 3 is 2.86 bits per heavy atom. The average Bonchev–Trinajstić information content (AvgIpc) is 3.40. The minimum Gasteiger partial charge on any atom is -0.306 e. The summed E-state index contributed by atoms with van der Waals surface area (Å²) >= 11 is 0. The molecule has 0 bridgehead atoms. The van der Waals surface area contributed by atoms with Gasteiger partial charge in [0.2, 0.25) is 12.3 Å². The van der Waals surface area contributed by atoms with Gasteiger partial charge in [-0.15, -0.1) is 0 Å². The first kappa shape index (κ1) is 20.8. The number of nitrogens with zero attached hydrogens (tertiary/aromatic N) is 5. The number of halogens is 1. The van der Waals surface area contributed by atoms with Crippen molar-refractivity contribution in [1.82, 2.24) is 20.0 Å². The van der Waals surface area contributed by atoms with E-state index in [1.165, 1.54) is 6.21 Å². The zero-order valence-corrected chi connectivity index (χ0v) is 15.8. The molecular formula is C18H23FN6O4. The van der Waals surface area contributed by atoms with E-state index in [9.17, 15) is 24.0 Å². The number of aromatic nitrogens is 2. The molecule has 0 radical (unpaired) electrons. The first-order chi connectivity index (χ1) is 14.0. The monoisotopic (exact) mass is 406 g/mol. The molecule has 2 N–H and O–H groups in total. The molecule has 10 nitrogen and oxygen atoms in total. The number of amides is 3. The number of hydroxylamine groups is 2. The van der Waals surface area contributed by atoms with Gasteiger partial charge in [-0.3, -0.25) is 19.6 Å². The second kappa shape index (κ2) is 9.50. The van der Waals surface area contributed by atoms with Crippen LogP contribution in [-0.4, -0.2) is 62.3 Å². The second-order valence-electron chi connectivity index (χ2n) is 7.25. The molecule has 2 heterocycles. The zero-order chi connectivity index (χ0) is 20.8. The maximum atomic E-state index is 13.7. The SMILES string of the molecule is O=CN(O)CC(CC1CCCC1)C(=O)N1N=CC[C@H]1C(=O)Nc1ncncc1F. The summed E-state index contributed by atoms with van der Waals surface area (Å²) in [7, 11) is 0. The number of anilines is 1. The second-order valence-corrected chi connectivity index (χ2v) is 7.25. The summed E-state index contributed by atoms with van der Waals surface area (Å²) in [5.74, 6) is -2.56. The molecular weight excluding hydrogens is 383 g/mol. The minimum absolute atomic E-state index is 0.164. The van der Waals surface area contributed by atoms with Crippen molar-refractivity contribution in [3.63, 3.8) is 0 Å². The molecule has 2 aliphatic rings. The fourth-order valence-electron chi connectivity index (χ4n) is 3.81. The Balaban J connectivity index is 1.71. The lowest BCUT2D eigenvalue weighted by molar-refractivity contribution is -0.158. The third-order valence-electron chi connectivity index (χ3n) is 5.24. The van der Waals surface area contributed by atoms with Gasteiger partial charge in [-0.25, -0.2) is 24.4 Å². The molecule has 156 valence electrons. The molecule has 1 aliphatic carbocycles. The minimum atomic E-state index is -0.966. The van der Waals surface area contributed by atoms with E-state index in [0.717, 1.165) is 43.2 Å². The van der Waals surface area contributed by atoms with Crippen molar-refractivity contribution in [3.8, 4) is 0 Å². The standard InChI is InChI=1S/C18H23FN6O4/c19-14-8-20-10-21-16(14)23-17(27)15-5-6-22-25(15)18(28)13(9-24(29)11-26)7-12-3-1-2-4-12/h6,8,10-13,15,29H,1-5,7,9H2,(H,20,21,23,27)/t13?,15-/m0/s1. The average molecular weight is 406 g/mol. The van der Waals surface area contributed by atoms with Gasteiger partial charge in [0, 0.05) is 12.6 Å². The molecule has 0 aromatic carbocycles. The van der Waals surface area contributed by atoms with Crippen molar-refractivity contribution < 1.29 is 24.0 Å². The van der Waals surface area contributed by atoms with Crippen molar-refractivity contribution in [1.29, 1.82) is 0 Å². The van der Waals surface area contributed by atoms with Crippen LogP contribution in [0.2, 0.25) is 0 Å². The molecule has 2 atom stereocenters. The first-order valence-corrected chi connectivity index (χ1v) is 9.52. The van der Waals surface area contributed by atoms with Gasteiger partial charge >= 0.3 is 0 Å². The van der Waals surface area contributed by atoms with Crippen LogP contribution in [0, 0.1) is 17.7 Å². The number of hydrazone groups is 1. The van der Waals surface area contributed by atoms with E-state index in [-0.39, 0.29) is 25.2 Å². The van der Waals surface area contributed by atoms with Crippen LogP contribution in [-0.2, 0) is 14.4 Å². The number of nitrogens with one attached hydrogen (secondary N) is 1. The lowest BCUT2D eigenvalue weighted by Crippen LogP contribution is -2.46. The molecule has 1 aliphatic heterocycles. The highest BCUT2D eigenvalue weighted by Gasteiger charge is 2.38. The molecule has 1 aromatic rings. The van der Waals surface area contributed by atoms with Crippen LogP contribution < -0.4 is 5.32 Å². The van der Waals surface area contributed by atoms with E-state index in [1.54, 1.807) is 0 Å². The predicted molar refractivity (Wildman–Crippen MR) is 99.0 cm³/mol. The van der Waals surface area contributed by atoms with Gasteiger partial charge in [0.1, 0.15) is 12.4 Å². The Labute approximate surface area is 166 Å². The third-order valence-corrected chi connectivity index (χ3v) is 5.24.